The molecule has 0 heterocycles. The smallest absolute Gasteiger partial charge is 0.251 e. The number of primary amides is 1. The van der Waals surface area contributed by atoms with Crippen LogP contribution < -0.4 is 5.73 Å². The Kier molecular flexibility index (Phi) is 4.10. The molecule has 2 aromatic carbocycles. The van der Waals surface area contributed by atoms with Crippen LogP contribution in [0.25, 0.3) is 0 Å². The molecule has 1 amide bonds. The average molecular weight is 241 g/mol. The minimum absolute atomic E-state index is 0.364. The molecule has 0 aliphatic rings. The van der Waals surface area contributed by atoms with Gasteiger partial charge in [0, 0.05) is 0 Å². The highest BCUT2D eigenvalue weighted by atomic mass is 16.5. The van der Waals surface area contributed by atoms with Crippen molar-refractivity contribution in [3.63, 3.8) is 0 Å². The second kappa shape index (κ2) is 5.98. The lowest BCUT2D eigenvalue weighted by Crippen LogP contribution is -2.23. The molecule has 18 heavy (non-hydrogen) atoms. The molecule has 2 N–H and O–H groups in total. The lowest BCUT2D eigenvalue weighted by Gasteiger charge is -2.14. The molecule has 2 aromatic rings. The zero-order valence-corrected chi connectivity index (χ0v) is 9.95. The van der Waals surface area contributed by atoms with Gasteiger partial charge in [-0.3, -0.25) is 4.79 Å². The van der Waals surface area contributed by atoms with Gasteiger partial charge < -0.3 is 10.5 Å². The fourth-order valence-electron chi connectivity index (χ4n) is 1.72. The van der Waals surface area contributed by atoms with E-state index in [9.17, 15) is 4.79 Å². The van der Waals surface area contributed by atoms with Crippen LogP contribution in [0.5, 0.6) is 0 Å². The van der Waals surface area contributed by atoms with Gasteiger partial charge in [0.15, 0.2) is 6.10 Å². The predicted molar refractivity (Wildman–Crippen MR) is 69.6 cm³/mol. The molecule has 0 radical (unpaired) electrons. The van der Waals surface area contributed by atoms with Crippen LogP contribution >= 0.6 is 0 Å². The van der Waals surface area contributed by atoms with Crippen LogP contribution in [0.15, 0.2) is 60.7 Å². The number of rotatable bonds is 5. The normalized spacial score (nSPS) is 12.0. The van der Waals surface area contributed by atoms with E-state index in [1.807, 2.05) is 60.7 Å². The molecule has 0 bridgehead atoms. The first kappa shape index (κ1) is 12.3. The minimum atomic E-state index is -0.702. The summed E-state index contributed by atoms with van der Waals surface area (Å²) in [5.41, 5.74) is 7.16. The summed E-state index contributed by atoms with van der Waals surface area (Å²) in [5, 5.41) is 0. The molecule has 0 aliphatic heterocycles. The van der Waals surface area contributed by atoms with Crippen molar-refractivity contribution in [2.24, 2.45) is 5.73 Å². The third-order valence-corrected chi connectivity index (χ3v) is 2.62. The van der Waals surface area contributed by atoms with Gasteiger partial charge in [-0.1, -0.05) is 60.7 Å². The molecule has 0 spiro atoms. The number of ether oxygens (including phenoxy) is 1. The van der Waals surface area contributed by atoms with E-state index in [0.29, 0.717) is 6.61 Å². The number of nitrogens with two attached hydrogens (primary N) is 1. The second-order valence-electron chi connectivity index (χ2n) is 3.99. The van der Waals surface area contributed by atoms with E-state index in [1.54, 1.807) is 0 Å². The SMILES string of the molecule is NC(=O)C(OCc1ccccc1)c1ccccc1. The van der Waals surface area contributed by atoms with Gasteiger partial charge in [-0.15, -0.1) is 0 Å². The van der Waals surface area contributed by atoms with Gasteiger partial charge in [0.2, 0.25) is 0 Å². The molecule has 0 saturated heterocycles. The predicted octanol–water partition coefficient (Wildman–Crippen LogP) is 2.43. The van der Waals surface area contributed by atoms with Gasteiger partial charge in [-0.25, -0.2) is 0 Å². The Morgan fingerprint density at radius 2 is 1.56 bits per heavy atom. The largest absolute Gasteiger partial charge is 0.367 e. The molecule has 0 saturated carbocycles. The maximum absolute atomic E-state index is 11.4. The second-order valence-corrected chi connectivity index (χ2v) is 3.99. The van der Waals surface area contributed by atoms with Crippen molar-refractivity contribution >= 4 is 5.91 Å². The highest BCUT2D eigenvalue weighted by Crippen LogP contribution is 2.18. The van der Waals surface area contributed by atoms with E-state index in [1.165, 1.54) is 0 Å². The topological polar surface area (TPSA) is 52.3 Å². The Bertz CT molecular complexity index is 496. The molecular weight excluding hydrogens is 226 g/mol. The van der Waals surface area contributed by atoms with E-state index < -0.39 is 12.0 Å². The Morgan fingerprint density at radius 1 is 1.00 bits per heavy atom. The number of carbonyl (C=O) groups excluding carboxylic acids is 1. The summed E-state index contributed by atoms with van der Waals surface area (Å²) >= 11 is 0. The summed E-state index contributed by atoms with van der Waals surface area (Å²) in [7, 11) is 0. The molecule has 0 aromatic heterocycles. The summed E-state index contributed by atoms with van der Waals surface area (Å²) in [6.07, 6.45) is -0.702. The first-order valence-corrected chi connectivity index (χ1v) is 5.77. The van der Waals surface area contributed by atoms with Gasteiger partial charge in [0.25, 0.3) is 5.91 Å². The molecule has 0 fully saturated rings. The number of carbonyl (C=O) groups is 1. The molecular formula is C15H15NO2. The molecule has 3 heteroatoms. The van der Waals surface area contributed by atoms with Gasteiger partial charge in [0.1, 0.15) is 0 Å². The fourth-order valence-corrected chi connectivity index (χ4v) is 1.72. The van der Waals surface area contributed by atoms with E-state index in [0.717, 1.165) is 11.1 Å². The summed E-state index contributed by atoms with van der Waals surface area (Å²) in [5.74, 6) is -0.475. The molecule has 92 valence electrons. The van der Waals surface area contributed by atoms with Crippen molar-refractivity contribution in [3.05, 3.63) is 71.8 Å². The summed E-state index contributed by atoms with van der Waals surface area (Å²) in [4.78, 5) is 11.4. The van der Waals surface area contributed by atoms with Crippen LogP contribution in [0.4, 0.5) is 0 Å². The van der Waals surface area contributed by atoms with Gasteiger partial charge >= 0.3 is 0 Å². The Hall–Kier alpha value is -2.13. The zero-order chi connectivity index (χ0) is 12.8. The molecule has 1 atom stereocenters. The monoisotopic (exact) mass is 241 g/mol. The van der Waals surface area contributed by atoms with Crippen molar-refractivity contribution in [1.82, 2.24) is 0 Å². The quantitative estimate of drug-likeness (QED) is 0.874. The Balaban J connectivity index is 2.06. The van der Waals surface area contributed by atoms with Crippen LogP contribution in [-0.4, -0.2) is 5.91 Å². The van der Waals surface area contributed by atoms with Crippen molar-refractivity contribution in [2.45, 2.75) is 12.7 Å². The van der Waals surface area contributed by atoms with Crippen LogP contribution in [0, 0.1) is 0 Å². The minimum Gasteiger partial charge on any atom is -0.367 e. The Labute approximate surface area is 106 Å². The molecule has 2 rings (SSSR count). The van der Waals surface area contributed by atoms with Crippen molar-refractivity contribution < 1.29 is 9.53 Å². The number of benzene rings is 2. The van der Waals surface area contributed by atoms with Crippen molar-refractivity contribution in [1.29, 1.82) is 0 Å². The Morgan fingerprint density at radius 3 is 2.11 bits per heavy atom. The van der Waals surface area contributed by atoms with E-state index in [-0.39, 0.29) is 0 Å². The standard InChI is InChI=1S/C15H15NO2/c16-15(17)14(13-9-5-2-6-10-13)18-11-12-7-3-1-4-8-12/h1-10,14H,11H2,(H2,16,17). The van der Waals surface area contributed by atoms with Crippen LogP contribution in [-0.2, 0) is 16.1 Å². The average Bonchev–Trinajstić information content (AvgIpc) is 2.41. The first-order chi connectivity index (χ1) is 8.77. The molecule has 3 nitrogen and oxygen atoms in total. The van der Waals surface area contributed by atoms with E-state index in [2.05, 4.69) is 0 Å². The maximum Gasteiger partial charge on any atom is 0.251 e. The number of hydrogen-bond acceptors (Lipinski definition) is 2. The number of hydrogen-bond donors (Lipinski definition) is 1. The van der Waals surface area contributed by atoms with Gasteiger partial charge in [-0.2, -0.15) is 0 Å². The first-order valence-electron chi connectivity index (χ1n) is 5.77. The van der Waals surface area contributed by atoms with Crippen LogP contribution in [0.3, 0.4) is 0 Å². The molecule has 1 unspecified atom stereocenters. The van der Waals surface area contributed by atoms with Crippen molar-refractivity contribution in [2.75, 3.05) is 0 Å². The maximum atomic E-state index is 11.4. The van der Waals surface area contributed by atoms with Crippen LogP contribution in [0.1, 0.15) is 17.2 Å². The third kappa shape index (κ3) is 3.18. The van der Waals surface area contributed by atoms with Gasteiger partial charge in [-0.05, 0) is 11.1 Å². The zero-order valence-electron chi connectivity index (χ0n) is 9.95. The summed E-state index contributed by atoms with van der Waals surface area (Å²) in [6, 6.07) is 19.0. The van der Waals surface area contributed by atoms with Gasteiger partial charge in [0.05, 0.1) is 6.61 Å². The highest BCUT2D eigenvalue weighted by Gasteiger charge is 2.17. The summed E-state index contributed by atoms with van der Waals surface area (Å²) in [6.45, 7) is 0.364. The number of amides is 1. The van der Waals surface area contributed by atoms with Crippen LogP contribution in [0.2, 0.25) is 0 Å². The van der Waals surface area contributed by atoms with E-state index in [4.69, 9.17) is 10.5 Å². The highest BCUT2D eigenvalue weighted by molar-refractivity contribution is 5.80. The van der Waals surface area contributed by atoms with Crippen molar-refractivity contribution in [3.8, 4) is 0 Å². The summed E-state index contributed by atoms with van der Waals surface area (Å²) < 4.78 is 5.60. The lowest BCUT2D eigenvalue weighted by atomic mass is 10.1. The van der Waals surface area contributed by atoms with E-state index >= 15 is 0 Å². The molecule has 0 aliphatic carbocycles. The lowest BCUT2D eigenvalue weighted by molar-refractivity contribution is -0.130. The fraction of sp³-hybridized carbons (Fsp3) is 0.133. The third-order valence-electron chi connectivity index (χ3n) is 2.62.